The summed E-state index contributed by atoms with van der Waals surface area (Å²) in [6.07, 6.45) is 5.23. The van der Waals surface area contributed by atoms with Crippen molar-refractivity contribution in [2.45, 2.75) is 12.5 Å². The molecule has 1 atom stereocenters. The molecule has 148 valence electrons. The monoisotopic (exact) mass is 402 g/mol. The molecule has 1 heterocycles. The molecule has 1 aromatic heterocycles. The number of para-hydroxylation sites is 1. The Morgan fingerprint density at radius 3 is 2.57 bits per heavy atom. The van der Waals surface area contributed by atoms with Crippen molar-refractivity contribution in [3.63, 3.8) is 0 Å². The van der Waals surface area contributed by atoms with Gasteiger partial charge in [0.1, 0.15) is 11.8 Å². The van der Waals surface area contributed by atoms with Gasteiger partial charge in [0, 0.05) is 12.4 Å². The minimum Gasteiger partial charge on any atom is -0.496 e. The lowest BCUT2D eigenvalue weighted by Crippen LogP contribution is -2.52. The van der Waals surface area contributed by atoms with E-state index in [1.165, 1.54) is 13.3 Å². The molecule has 1 aromatic carbocycles. The number of aromatic nitrogens is 1. The van der Waals surface area contributed by atoms with E-state index >= 15 is 0 Å². The van der Waals surface area contributed by atoms with Crippen LogP contribution in [0, 0.1) is 0 Å². The van der Waals surface area contributed by atoms with Crippen LogP contribution in [0.2, 0.25) is 0 Å². The average molecular weight is 402 g/mol. The summed E-state index contributed by atoms with van der Waals surface area (Å²) >= 11 is 1.55. The highest BCUT2D eigenvalue weighted by atomic mass is 32.2. The lowest BCUT2D eigenvalue weighted by atomic mass is 10.1. The zero-order valence-corrected chi connectivity index (χ0v) is 16.4. The molecule has 0 spiro atoms. The molecular weight excluding hydrogens is 380 g/mol. The predicted octanol–water partition coefficient (Wildman–Crippen LogP) is 1.40. The number of amides is 3. The molecule has 0 radical (unpaired) electrons. The first-order valence-corrected chi connectivity index (χ1v) is 9.89. The maximum absolute atomic E-state index is 12.6. The van der Waals surface area contributed by atoms with Crippen LogP contribution in [-0.2, 0) is 4.79 Å². The number of nitrogens with one attached hydrogen (secondary N) is 3. The van der Waals surface area contributed by atoms with Crippen molar-refractivity contribution in [2.75, 3.05) is 19.1 Å². The van der Waals surface area contributed by atoms with Crippen LogP contribution in [0.4, 0.5) is 0 Å². The summed E-state index contributed by atoms with van der Waals surface area (Å²) in [5, 5.41) is 2.70. The molecule has 2 aromatic rings. The molecule has 28 heavy (non-hydrogen) atoms. The number of hydrogen-bond acceptors (Lipinski definition) is 6. The fraction of sp³-hybridized carbons (Fsp3) is 0.263. The van der Waals surface area contributed by atoms with Crippen molar-refractivity contribution in [1.82, 2.24) is 21.2 Å². The van der Waals surface area contributed by atoms with Crippen LogP contribution in [0.25, 0.3) is 0 Å². The summed E-state index contributed by atoms with van der Waals surface area (Å²) in [4.78, 5) is 41.0. The summed E-state index contributed by atoms with van der Waals surface area (Å²) in [6.45, 7) is 0. The van der Waals surface area contributed by atoms with Gasteiger partial charge in [0.2, 0.25) is 0 Å². The molecule has 0 aliphatic heterocycles. The van der Waals surface area contributed by atoms with Gasteiger partial charge in [-0.05, 0) is 42.7 Å². The molecule has 0 saturated carbocycles. The van der Waals surface area contributed by atoms with Gasteiger partial charge >= 0.3 is 0 Å². The molecule has 0 bridgehead atoms. The second-order valence-corrected chi connectivity index (χ2v) is 6.68. The van der Waals surface area contributed by atoms with Gasteiger partial charge in [0.25, 0.3) is 17.7 Å². The third-order valence-electron chi connectivity index (χ3n) is 3.81. The van der Waals surface area contributed by atoms with Gasteiger partial charge < -0.3 is 10.1 Å². The van der Waals surface area contributed by atoms with E-state index in [9.17, 15) is 14.4 Å². The second-order valence-electron chi connectivity index (χ2n) is 5.69. The Morgan fingerprint density at radius 1 is 1.11 bits per heavy atom. The number of nitrogens with zero attached hydrogens (tertiary/aromatic N) is 1. The summed E-state index contributed by atoms with van der Waals surface area (Å²) in [6, 6.07) is 9.11. The first-order valence-electron chi connectivity index (χ1n) is 8.50. The van der Waals surface area contributed by atoms with E-state index in [2.05, 4.69) is 21.2 Å². The van der Waals surface area contributed by atoms with Crippen LogP contribution in [0.1, 0.15) is 27.1 Å². The minimum atomic E-state index is -0.820. The number of rotatable bonds is 8. The standard InChI is InChI=1S/C19H22N4O4S/c1-27-16-8-4-3-7-14(16)18(25)21-15(9-11-28-2)19(26)23-22-17(24)13-6-5-10-20-12-13/h3-8,10,12,15H,9,11H2,1-2H3,(H,21,25)(H,22,24)(H,23,26). The van der Waals surface area contributed by atoms with Crippen LogP contribution >= 0.6 is 11.8 Å². The number of pyridine rings is 1. The number of thioether (sulfide) groups is 1. The Morgan fingerprint density at radius 2 is 1.89 bits per heavy atom. The Bertz CT molecular complexity index is 817. The molecule has 9 heteroatoms. The summed E-state index contributed by atoms with van der Waals surface area (Å²) < 4.78 is 5.19. The van der Waals surface area contributed by atoms with Crippen molar-refractivity contribution >= 4 is 29.5 Å². The molecule has 0 aliphatic rings. The first kappa shape index (κ1) is 21.2. The van der Waals surface area contributed by atoms with Crippen LogP contribution in [0.15, 0.2) is 48.8 Å². The normalized spacial score (nSPS) is 11.2. The maximum atomic E-state index is 12.6. The largest absolute Gasteiger partial charge is 0.496 e. The van der Waals surface area contributed by atoms with Gasteiger partial charge in [-0.15, -0.1) is 0 Å². The number of ether oxygens (including phenoxy) is 1. The maximum Gasteiger partial charge on any atom is 0.271 e. The van der Waals surface area contributed by atoms with Crippen LogP contribution < -0.4 is 20.9 Å². The molecule has 3 N–H and O–H groups in total. The van der Waals surface area contributed by atoms with Crippen LogP contribution in [0.3, 0.4) is 0 Å². The van der Waals surface area contributed by atoms with Crippen molar-refractivity contribution in [1.29, 1.82) is 0 Å². The van der Waals surface area contributed by atoms with E-state index in [4.69, 9.17) is 4.74 Å². The lowest BCUT2D eigenvalue weighted by Gasteiger charge is -2.19. The number of hydrazine groups is 1. The molecule has 1 unspecified atom stereocenters. The summed E-state index contributed by atoms with van der Waals surface area (Å²) in [7, 11) is 1.47. The van der Waals surface area contributed by atoms with Gasteiger partial charge in [-0.1, -0.05) is 12.1 Å². The quantitative estimate of drug-likeness (QED) is 0.576. The Labute approximate surface area is 167 Å². The van der Waals surface area contributed by atoms with E-state index < -0.39 is 23.8 Å². The summed E-state index contributed by atoms with van der Waals surface area (Å²) in [5.74, 6) is -0.386. The van der Waals surface area contributed by atoms with E-state index in [-0.39, 0.29) is 0 Å². The highest BCUT2D eigenvalue weighted by molar-refractivity contribution is 7.98. The molecular formula is C19H22N4O4S. The van der Waals surface area contributed by atoms with Gasteiger partial charge in [0.15, 0.2) is 0 Å². The van der Waals surface area contributed by atoms with Crippen LogP contribution in [0.5, 0.6) is 5.75 Å². The predicted molar refractivity (Wildman–Crippen MR) is 107 cm³/mol. The number of hydrogen-bond donors (Lipinski definition) is 3. The van der Waals surface area contributed by atoms with Gasteiger partial charge in [-0.3, -0.25) is 30.2 Å². The SMILES string of the molecule is COc1ccccc1C(=O)NC(CCSC)C(=O)NNC(=O)c1cccnc1. The van der Waals surface area contributed by atoms with E-state index in [0.717, 1.165) is 0 Å². The molecule has 3 amide bonds. The van der Waals surface area contributed by atoms with Gasteiger partial charge in [-0.25, -0.2) is 0 Å². The van der Waals surface area contributed by atoms with Gasteiger partial charge in [-0.2, -0.15) is 11.8 Å². The number of benzene rings is 1. The van der Waals surface area contributed by atoms with Crippen molar-refractivity contribution in [3.05, 3.63) is 59.9 Å². The third kappa shape index (κ3) is 5.98. The number of carbonyl (C=O) groups excluding carboxylic acids is 3. The van der Waals surface area contributed by atoms with Crippen molar-refractivity contribution < 1.29 is 19.1 Å². The number of methoxy groups -OCH3 is 1. The number of carbonyl (C=O) groups is 3. The molecule has 0 aliphatic carbocycles. The Kier molecular flexibility index (Phi) is 8.29. The van der Waals surface area contributed by atoms with Crippen molar-refractivity contribution in [2.24, 2.45) is 0 Å². The Hall–Kier alpha value is -3.07. The second kappa shape index (κ2) is 10.9. The highest BCUT2D eigenvalue weighted by Crippen LogP contribution is 2.17. The van der Waals surface area contributed by atoms with Gasteiger partial charge in [0.05, 0.1) is 18.2 Å². The zero-order valence-electron chi connectivity index (χ0n) is 15.6. The molecule has 2 rings (SSSR count). The lowest BCUT2D eigenvalue weighted by molar-refractivity contribution is -0.123. The van der Waals surface area contributed by atoms with E-state index in [1.807, 2.05) is 6.26 Å². The smallest absolute Gasteiger partial charge is 0.271 e. The Balaban J connectivity index is 2.02. The van der Waals surface area contributed by atoms with Crippen LogP contribution in [-0.4, -0.2) is 47.9 Å². The van der Waals surface area contributed by atoms with E-state index in [0.29, 0.717) is 29.1 Å². The van der Waals surface area contributed by atoms with E-state index in [1.54, 1.807) is 54.4 Å². The first-order chi connectivity index (χ1) is 13.6. The molecule has 0 saturated heterocycles. The van der Waals surface area contributed by atoms with Crippen molar-refractivity contribution in [3.8, 4) is 5.75 Å². The zero-order chi connectivity index (χ0) is 20.4. The molecule has 8 nitrogen and oxygen atoms in total. The highest BCUT2D eigenvalue weighted by Gasteiger charge is 2.23. The fourth-order valence-corrected chi connectivity index (χ4v) is 2.82. The minimum absolute atomic E-state index is 0.307. The fourth-order valence-electron chi connectivity index (χ4n) is 2.35. The topological polar surface area (TPSA) is 109 Å². The average Bonchev–Trinajstić information content (AvgIpc) is 2.75. The summed E-state index contributed by atoms with van der Waals surface area (Å²) in [5.41, 5.74) is 5.32. The third-order valence-corrected chi connectivity index (χ3v) is 4.45. The molecule has 0 fully saturated rings.